The molecule has 0 aromatic heterocycles. The Bertz CT molecular complexity index is 1360. The largest absolute Gasteiger partial charge is 0.508 e. The van der Waals surface area contributed by atoms with E-state index in [1.807, 2.05) is 0 Å². The number of amides is 2. The highest BCUT2D eigenvalue weighted by molar-refractivity contribution is 6.12. The number of phenols is 3. The molecule has 9 heteroatoms. The quantitative estimate of drug-likeness (QED) is 0.131. The maximum atomic E-state index is 13.6. The summed E-state index contributed by atoms with van der Waals surface area (Å²) in [6, 6.07) is 17.6. The van der Waals surface area contributed by atoms with Crippen LogP contribution in [0.4, 0.5) is 0 Å². The van der Waals surface area contributed by atoms with Crippen molar-refractivity contribution >= 4 is 35.8 Å². The number of carbonyl (C=O) groups is 3. The first kappa shape index (κ1) is 32.5. The van der Waals surface area contributed by atoms with Gasteiger partial charge in [0.25, 0.3) is 11.8 Å². The van der Waals surface area contributed by atoms with Crippen LogP contribution in [0.3, 0.4) is 0 Å². The first-order chi connectivity index (χ1) is 20.8. The SMILES string of the molecule is NCCCNCCCC(C(=O)C=Cc1ccc(O)cc1)N(C(=O)C=Cc1ccc(O)cc1)C(=O)C=Cc1ccc(O)cc1. The van der Waals surface area contributed by atoms with E-state index in [0.29, 0.717) is 42.7 Å². The van der Waals surface area contributed by atoms with Gasteiger partial charge in [-0.05, 0) is 110 Å². The van der Waals surface area contributed by atoms with Crippen molar-refractivity contribution < 1.29 is 29.7 Å². The number of rotatable bonds is 15. The summed E-state index contributed by atoms with van der Waals surface area (Å²) in [6.45, 7) is 1.82. The fraction of sp³-hybridized carbons (Fsp3) is 0.206. The number of aromatic hydroxyl groups is 3. The van der Waals surface area contributed by atoms with Gasteiger partial charge >= 0.3 is 0 Å². The predicted octanol–water partition coefficient (Wildman–Crippen LogP) is 4.25. The first-order valence-corrected chi connectivity index (χ1v) is 14.0. The van der Waals surface area contributed by atoms with Crippen molar-refractivity contribution in [3.63, 3.8) is 0 Å². The lowest BCUT2D eigenvalue weighted by atomic mass is 10.0. The van der Waals surface area contributed by atoms with Crippen LogP contribution in [0.1, 0.15) is 36.0 Å². The number of nitrogens with two attached hydrogens (primary N) is 1. The summed E-state index contributed by atoms with van der Waals surface area (Å²) < 4.78 is 0. The summed E-state index contributed by atoms with van der Waals surface area (Å²) in [5.41, 5.74) is 7.47. The predicted molar refractivity (Wildman–Crippen MR) is 168 cm³/mol. The second kappa shape index (κ2) is 17.1. The van der Waals surface area contributed by atoms with Gasteiger partial charge in [-0.15, -0.1) is 0 Å². The molecule has 1 atom stereocenters. The van der Waals surface area contributed by atoms with E-state index >= 15 is 0 Å². The van der Waals surface area contributed by atoms with E-state index in [4.69, 9.17) is 5.73 Å². The number of imide groups is 1. The number of phenolic OH excluding ortho intramolecular Hbond substituents is 3. The van der Waals surface area contributed by atoms with Gasteiger partial charge in [0, 0.05) is 12.2 Å². The van der Waals surface area contributed by atoms with Gasteiger partial charge in [0.05, 0.1) is 0 Å². The van der Waals surface area contributed by atoms with E-state index in [1.165, 1.54) is 66.8 Å². The molecule has 0 heterocycles. The van der Waals surface area contributed by atoms with Gasteiger partial charge in [0.15, 0.2) is 5.78 Å². The van der Waals surface area contributed by atoms with Crippen LogP contribution >= 0.6 is 0 Å². The van der Waals surface area contributed by atoms with Gasteiger partial charge in [-0.1, -0.05) is 42.5 Å². The summed E-state index contributed by atoms with van der Waals surface area (Å²) in [7, 11) is 0. The molecule has 0 bridgehead atoms. The van der Waals surface area contributed by atoms with E-state index < -0.39 is 23.6 Å². The molecule has 0 aliphatic carbocycles. The van der Waals surface area contributed by atoms with Crippen molar-refractivity contribution in [3.05, 3.63) is 108 Å². The number of benzene rings is 3. The topological polar surface area (TPSA) is 153 Å². The molecular formula is C34H37N3O6. The van der Waals surface area contributed by atoms with E-state index in [9.17, 15) is 29.7 Å². The van der Waals surface area contributed by atoms with Crippen molar-refractivity contribution in [2.45, 2.75) is 25.3 Å². The lowest BCUT2D eigenvalue weighted by molar-refractivity contribution is -0.145. The molecule has 9 nitrogen and oxygen atoms in total. The van der Waals surface area contributed by atoms with Crippen molar-refractivity contribution in [1.82, 2.24) is 10.2 Å². The minimum atomic E-state index is -1.10. The Labute approximate surface area is 251 Å². The van der Waals surface area contributed by atoms with Crippen LogP contribution in [0.2, 0.25) is 0 Å². The van der Waals surface area contributed by atoms with Gasteiger partial charge in [-0.3, -0.25) is 19.3 Å². The van der Waals surface area contributed by atoms with Gasteiger partial charge in [0.1, 0.15) is 23.3 Å². The first-order valence-electron chi connectivity index (χ1n) is 14.0. The fourth-order valence-corrected chi connectivity index (χ4v) is 4.13. The number of nitrogens with one attached hydrogen (secondary N) is 1. The summed E-state index contributed by atoms with van der Waals surface area (Å²) in [5, 5.41) is 31.9. The number of hydrogen-bond donors (Lipinski definition) is 5. The average molecular weight is 584 g/mol. The van der Waals surface area contributed by atoms with Gasteiger partial charge < -0.3 is 26.4 Å². The second-order valence-corrected chi connectivity index (χ2v) is 9.77. The van der Waals surface area contributed by atoms with Crippen LogP contribution in [0.25, 0.3) is 18.2 Å². The Morgan fingerprint density at radius 2 is 1.05 bits per heavy atom. The molecule has 3 aromatic rings. The molecule has 0 radical (unpaired) electrons. The molecule has 3 aromatic carbocycles. The molecule has 6 N–H and O–H groups in total. The third-order valence-electron chi connectivity index (χ3n) is 6.46. The third kappa shape index (κ3) is 11.1. The Hall–Kier alpha value is -4.99. The van der Waals surface area contributed by atoms with Crippen LogP contribution < -0.4 is 11.1 Å². The van der Waals surface area contributed by atoms with Crippen molar-refractivity contribution in [3.8, 4) is 17.2 Å². The van der Waals surface area contributed by atoms with Crippen LogP contribution in [0.15, 0.2) is 91.0 Å². The number of hydrogen-bond acceptors (Lipinski definition) is 8. The molecule has 3 rings (SSSR count). The zero-order valence-electron chi connectivity index (χ0n) is 23.8. The zero-order valence-corrected chi connectivity index (χ0v) is 23.8. The average Bonchev–Trinajstić information content (AvgIpc) is 3.01. The van der Waals surface area contributed by atoms with E-state index in [0.717, 1.165) is 11.3 Å². The molecule has 0 aliphatic heterocycles. The summed E-state index contributed by atoms with van der Waals surface area (Å²) >= 11 is 0. The molecule has 0 saturated heterocycles. The van der Waals surface area contributed by atoms with Gasteiger partial charge in [-0.2, -0.15) is 0 Å². The molecule has 1 unspecified atom stereocenters. The molecule has 0 aliphatic rings. The molecule has 43 heavy (non-hydrogen) atoms. The Morgan fingerprint density at radius 3 is 1.47 bits per heavy atom. The highest BCUT2D eigenvalue weighted by Gasteiger charge is 2.31. The van der Waals surface area contributed by atoms with Gasteiger partial charge in [0.2, 0.25) is 0 Å². The monoisotopic (exact) mass is 583 g/mol. The number of nitrogens with zero attached hydrogens (tertiary/aromatic N) is 1. The number of ketones is 1. The zero-order chi connectivity index (χ0) is 31.0. The Kier molecular flexibility index (Phi) is 12.9. The van der Waals surface area contributed by atoms with Crippen LogP contribution in [-0.2, 0) is 14.4 Å². The van der Waals surface area contributed by atoms with Crippen molar-refractivity contribution in [2.75, 3.05) is 19.6 Å². The standard InChI is InChI=1S/C34H37N3O6/c35-22-2-24-36-23-1-3-31(32(41)19-10-25-4-13-28(38)14-5-25)37(33(42)20-11-26-6-15-29(39)16-7-26)34(43)21-12-27-8-17-30(40)18-9-27/h4-21,31,36,38-40H,1-3,22-24,35H2. The second-order valence-electron chi connectivity index (χ2n) is 9.77. The van der Waals surface area contributed by atoms with E-state index in [-0.39, 0.29) is 23.7 Å². The van der Waals surface area contributed by atoms with E-state index in [1.54, 1.807) is 42.5 Å². The lowest BCUT2D eigenvalue weighted by Crippen LogP contribution is -2.47. The molecule has 224 valence electrons. The summed E-state index contributed by atoms with van der Waals surface area (Å²) in [5.74, 6) is -1.56. The van der Waals surface area contributed by atoms with Crippen molar-refractivity contribution in [2.24, 2.45) is 5.73 Å². The lowest BCUT2D eigenvalue weighted by Gasteiger charge is -2.27. The van der Waals surface area contributed by atoms with Crippen LogP contribution in [0.5, 0.6) is 17.2 Å². The normalized spacial score (nSPS) is 12.2. The maximum Gasteiger partial charge on any atom is 0.254 e. The van der Waals surface area contributed by atoms with Crippen molar-refractivity contribution in [1.29, 1.82) is 0 Å². The molecule has 2 amide bonds. The minimum Gasteiger partial charge on any atom is -0.508 e. The fourth-order valence-electron chi connectivity index (χ4n) is 4.13. The number of carbonyl (C=O) groups excluding carboxylic acids is 3. The Balaban J connectivity index is 1.93. The molecular weight excluding hydrogens is 546 g/mol. The van der Waals surface area contributed by atoms with Gasteiger partial charge in [-0.25, -0.2) is 0 Å². The van der Waals surface area contributed by atoms with Crippen LogP contribution in [0, 0.1) is 0 Å². The van der Waals surface area contributed by atoms with Crippen LogP contribution in [-0.4, -0.2) is 63.5 Å². The molecule has 0 spiro atoms. The summed E-state index contributed by atoms with van der Waals surface area (Å²) in [4.78, 5) is 41.7. The van der Waals surface area contributed by atoms with E-state index in [2.05, 4.69) is 5.32 Å². The summed E-state index contributed by atoms with van der Waals surface area (Å²) in [6.07, 6.45) is 9.89. The Morgan fingerprint density at radius 1 is 0.651 bits per heavy atom. The highest BCUT2D eigenvalue weighted by atomic mass is 16.3. The minimum absolute atomic E-state index is 0.0748. The molecule has 0 saturated carbocycles. The smallest absolute Gasteiger partial charge is 0.254 e. The molecule has 0 fully saturated rings. The highest BCUT2D eigenvalue weighted by Crippen LogP contribution is 2.17. The third-order valence-corrected chi connectivity index (χ3v) is 6.46. The maximum absolute atomic E-state index is 13.6.